The van der Waals surface area contributed by atoms with Crippen molar-refractivity contribution < 1.29 is 23.8 Å². The Bertz CT molecular complexity index is 444. The molecule has 1 aliphatic rings. The van der Waals surface area contributed by atoms with Crippen LogP contribution in [-0.4, -0.2) is 76.1 Å². The van der Waals surface area contributed by atoms with Crippen molar-refractivity contribution in [3.8, 4) is 0 Å². The van der Waals surface area contributed by atoms with Crippen molar-refractivity contribution in [2.24, 2.45) is 11.8 Å². The zero-order valence-electron chi connectivity index (χ0n) is 22.9. The molecular formula is C28H58NO4+. The summed E-state index contributed by atoms with van der Waals surface area (Å²) in [4.78, 5) is 0. The number of likely N-dealkylation sites (N-methyl/N-ethyl adjacent to an activating group) is 1. The van der Waals surface area contributed by atoms with Crippen LogP contribution in [0.3, 0.4) is 0 Å². The van der Waals surface area contributed by atoms with Gasteiger partial charge >= 0.3 is 0 Å². The Labute approximate surface area is 206 Å². The fourth-order valence-corrected chi connectivity index (χ4v) is 4.88. The highest BCUT2D eigenvalue weighted by Gasteiger charge is 2.25. The first-order valence-electron chi connectivity index (χ1n) is 14.1. The lowest BCUT2D eigenvalue weighted by Gasteiger charge is -2.31. The maximum Gasteiger partial charge on any atom is 0.186 e. The van der Waals surface area contributed by atoms with Gasteiger partial charge in [-0.3, -0.25) is 0 Å². The summed E-state index contributed by atoms with van der Waals surface area (Å²) >= 11 is 0. The average molecular weight is 473 g/mol. The lowest BCUT2D eigenvalue weighted by Crippen LogP contribution is -2.38. The molecule has 0 radical (unpaired) electrons. The largest absolute Gasteiger partial charge is 0.376 e. The molecule has 5 heteroatoms. The SMILES string of the molecule is CCCCCCCCCC(CCOCC(C)(O)OCCOCC[N+](C)(C)C)C1CCCCC1. The van der Waals surface area contributed by atoms with Crippen LogP contribution >= 0.6 is 0 Å². The van der Waals surface area contributed by atoms with Crippen LogP contribution in [-0.2, 0) is 14.2 Å². The van der Waals surface area contributed by atoms with Gasteiger partial charge in [-0.15, -0.1) is 0 Å². The van der Waals surface area contributed by atoms with E-state index >= 15 is 0 Å². The van der Waals surface area contributed by atoms with E-state index in [0.717, 1.165) is 35.9 Å². The number of quaternary nitrogens is 1. The molecule has 2 atom stereocenters. The predicted molar refractivity (Wildman–Crippen MR) is 138 cm³/mol. The van der Waals surface area contributed by atoms with E-state index in [1.165, 1.54) is 83.5 Å². The van der Waals surface area contributed by atoms with Gasteiger partial charge in [-0.2, -0.15) is 0 Å². The van der Waals surface area contributed by atoms with Gasteiger partial charge in [0.05, 0.1) is 41.0 Å². The molecule has 0 saturated heterocycles. The fourth-order valence-electron chi connectivity index (χ4n) is 4.88. The van der Waals surface area contributed by atoms with Gasteiger partial charge < -0.3 is 23.8 Å². The van der Waals surface area contributed by atoms with E-state index in [9.17, 15) is 5.11 Å². The average Bonchev–Trinajstić information content (AvgIpc) is 2.76. The van der Waals surface area contributed by atoms with Gasteiger partial charge in [-0.05, 0) is 25.2 Å². The van der Waals surface area contributed by atoms with Crippen molar-refractivity contribution in [1.29, 1.82) is 0 Å². The highest BCUT2D eigenvalue weighted by Crippen LogP contribution is 2.35. The number of hydrogen-bond donors (Lipinski definition) is 1. The van der Waals surface area contributed by atoms with E-state index in [1.54, 1.807) is 6.92 Å². The van der Waals surface area contributed by atoms with Crippen LogP contribution in [0.25, 0.3) is 0 Å². The Morgan fingerprint density at radius 3 is 2.15 bits per heavy atom. The second-order valence-electron chi connectivity index (χ2n) is 11.6. The van der Waals surface area contributed by atoms with Gasteiger partial charge in [0.1, 0.15) is 13.2 Å². The molecule has 0 aromatic heterocycles. The lowest BCUT2D eigenvalue weighted by atomic mass is 9.76. The molecule has 0 amide bonds. The molecule has 33 heavy (non-hydrogen) atoms. The summed E-state index contributed by atoms with van der Waals surface area (Å²) in [7, 11) is 6.44. The van der Waals surface area contributed by atoms with Crippen LogP contribution in [0.5, 0.6) is 0 Å². The monoisotopic (exact) mass is 472 g/mol. The normalized spacial score (nSPS) is 18.4. The van der Waals surface area contributed by atoms with Crippen molar-refractivity contribution in [2.45, 2.75) is 110 Å². The minimum Gasteiger partial charge on any atom is -0.376 e. The summed E-state index contributed by atoms with van der Waals surface area (Å²) in [6.07, 6.45) is 19.1. The second-order valence-corrected chi connectivity index (χ2v) is 11.6. The number of aliphatic hydroxyl groups is 1. The standard InChI is InChI=1S/C28H58NO4/c1-6-7-8-9-10-11-13-18-27(26-16-14-12-15-17-26)19-21-32-25-28(2,30)33-24-23-31-22-20-29(3,4)5/h26-27,30H,6-25H2,1-5H3/q+1. The van der Waals surface area contributed by atoms with Gasteiger partial charge in [0, 0.05) is 6.61 Å². The Morgan fingerprint density at radius 2 is 1.48 bits per heavy atom. The van der Waals surface area contributed by atoms with Crippen LogP contribution < -0.4 is 0 Å². The summed E-state index contributed by atoms with van der Waals surface area (Å²) in [6.45, 7) is 7.46. The van der Waals surface area contributed by atoms with Gasteiger partial charge in [0.25, 0.3) is 0 Å². The number of unbranched alkanes of at least 4 members (excludes halogenated alkanes) is 6. The molecule has 1 rings (SSSR count). The Kier molecular flexibility index (Phi) is 16.9. The topological polar surface area (TPSA) is 47.9 Å². The molecule has 1 fully saturated rings. The first-order valence-corrected chi connectivity index (χ1v) is 14.1. The molecule has 1 aliphatic carbocycles. The zero-order valence-corrected chi connectivity index (χ0v) is 22.9. The van der Waals surface area contributed by atoms with E-state index in [1.807, 2.05) is 0 Å². The van der Waals surface area contributed by atoms with Crippen LogP contribution in [0.1, 0.15) is 104 Å². The molecule has 5 nitrogen and oxygen atoms in total. The zero-order chi connectivity index (χ0) is 24.4. The number of rotatable bonds is 21. The molecule has 2 unspecified atom stereocenters. The Morgan fingerprint density at radius 1 is 0.818 bits per heavy atom. The highest BCUT2D eigenvalue weighted by atomic mass is 16.7. The summed E-state index contributed by atoms with van der Waals surface area (Å²) in [5.41, 5.74) is 0. The molecule has 0 aromatic rings. The molecule has 0 heterocycles. The number of ether oxygens (including phenoxy) is 3. The van der Waals surface area contributed by atoms with E-state index in [-0.39, 0.29) is 6.61 Å². The van der Waals surface area contributed by atoms with Crippen molar-refractivity contribution in [1.82, 2.24) is 0 Å². The molecule has 0 aliphatic heterocycles. The van der Waals surface area contributed by atoms with Gasteiger partial charge in [-0.25, -0.2) is 0 Å². The van der Waals surface area contributed by atoms with Crippen LogP contribution in [0.2, 0.25) is 0 Å². The third kappa shape index (κ3) is 17.8. The summed E-state index contributed by atoms with van der Waals surface area (Å²) in [5.74, 6) is 0.409. The van der Waals surface area contributed by atoms with Crippen LogP contribution in [0, 0.1) is 11.8 Å². The maximum absolute atomic E-state index is 10.5. The smallest absolute Gasteiger partial charge is 0.186 e. The summed E-state index contributed by atoms with van der Waals surface area (Å²) in [5, 5.41) is 10.5. The molecular weight excluding hydrogens is 414 g/mol. The van der Waals surface area contributed by atoms with Crippen molar-refractivity contribution in [3.63, 3.8) is 0 Å². The second kappa shape index (κ2) is 18.1. The number of hydrogen-bond acceptors (Lipinski definition) is 4. The predicted octanol–water partition coefficient (Wildman–Crippen LogP) is 6.18. The molecule has 0 bridgehead atoms. The molecule has 198 valence electrons. The lowest BCUT2D eigenvalue weighted by molar-refractivity contribution is -0.870. The molecule has 0 spiro atoms. The first kappa shape index (κ1) is 30.8. The van der Waals surface area contributed by atoms with Crippen LogP contribution in [0.4, 0.5) is 0 Å². The van der Waals surface area contributed by atoms with Crippen molar-refractivity contribution >= 4 is 0 Å². The summed E-state index contributed by atoms with van der Waals surface area (Å²) in [6, 6.07) is 0. The van der Waals surface area contributed by atoms with Crippen LogP contribution in [0.15, 0.2) is 0 Å². The molecule has 0 aromatic carbocycles. The quantitative estimate of drug-likeness (QED) is 0.123. The Balaban J connectivity index is 2.21. The van der Waals surface area contributed by atoms with Crippen molar-refractivity contribution in [3.05, 3.63) is 0 Å². The van der Waals surface area contributed by atoms with Gasteiger partial charge in [0.15, 0.2) is 5.79 Å². The minimum absolute atomic E-state index is 0.223. The van der Waals surface area contributed by atoms with E-state index in [0.29, 0.717) is 19.8 Å². The molecule has 1 saturated carbocycles. The first-order chi connectivity index (χ1) is 15.7. The van der Waals surface area contributed by atoms with E-state index in [4.69, 9.17) is 14.2 Å². The Hall–Kier alpha value is -0.200. The van der Waals surface area contributed by atoms with E-state index < -0.39 is 5.79 Å². The number of nitrogens with zero attached hydrogens (tertiary/aromatic N) is 1. The van der Waals surface area contributed by atoms with Crippen molar-refractivity contribution in [2.75, 3.05) is 60.7 Å². The van der Waals surface area contributed by atoms with E-state index in [2.05, 4.69) is 28.1 Å². The fraction of sp³-hybridized carbons (Fsp3) is 1.00. The minimum atomic E-state index is -1.25. The third-order valence-electron chi connectivity index (χ3n) is 7.04. The summed E-state index contributed by atoms with van der Waals surface area (Å²) < 4.78 is 18.0. The maximum atomic E-state index is 10.5. The molecule has 1 N–H and O–H groups in total. The highest BCUT2D eigenvalue weighted by molar-refractivity contribution is 4.74. The van der Waals surface area contributed by atoms with Gasteiger partial charge in [0.2, 0.25) is 0 Å². The third-order valence-corrected chi connectivity index (χ3v) is 7.04. The van der Waals surface area contributed by atoms with Gasteiger partial charge in [-0.1, -0.05) is 90.4 Å².